The molecule has 0 spiro atoms. The third kappa shape index (κ3) is 7.57. The summed E-state index contributed by atoms with van der Waals surface area (Å²) in [5.41, 5.74) is 1.59. The number of anilines is 2. The zero-order chi connectivity index (χ0) is 22.9. The highest BCUT2D eigenvalue weighted by atomic mass is 32.1. The molecular weight excluding hydrogens is 446 g/mol. The van der Waals surface area contributed by atoms with Crippen LogP contribution < -0.4 is 21.3 Å². The molecule has 0 unspecified atom stereocenters. The number of amides is 2. The Kier molecular flexibility index (Phi) is 9.00. The molecule has 2 saturated heterocycles. The van der Waals surface area contributed by atoms with E-state index in [9.17, 15) is 9.59 Å². The summed E-state index contributed by atoms with van der Waals surface area (Å²) < 4.78 is 0. The van der Waals surface area contributed by atoms with Crippen molar-refractivity contribution >= 4 is 57.8 Å². The maximum Gasteiger partial charge on any atom is 0.242 e. The largest absolute Gasteiger partial charge is 0.361 e. The van der Waals surface area contributed by atoms with Gasteiger partial charge in [0.05, 0.1) is 6.54 Å². The number of nitrogens with zero attached hydrogens (tertiary/aromatic N) is 3. The zero-order valence-corrected chi connectivity index (χ0v) is 20.0. The van der Waals surface area contributed by atoms with Gasteiger partial charge in [-0.15, -0.1) is 0 Å². The van der Waals surface area contributed by atoms with Crippen LogP contribution in [0.4, 0.5) is 11.4 Å². The van der Waals surface area contributed by atoms with E-state index in [1.54, 1.807) is 0 Å². The molecule has 2 fully saturated rings. The van der Waals surface area contributed by atoms with Gasteiger partial charge >= 0.3 is 0 Å². The summed E-state index contributed by atoms with van der Waals surface area (Å²) in [6.07, 6.45) is 1.57. The molecule has 2 aliphatic heterocycles. The average Bonchev–Trinajstić information content (AvgIpc) is 3.17. The van der Waals surface area contributed by atoms with Crippen molar-refractivity contribution in [1.82, 2.24) is 25.3 Å². The van der Waals surface area contributed by atoms with Crippen molar-refractivity contribution in [3.8, 4) is 0 Å². The van der Waals surface area contributed by atoms with Crippen molar-refractivity contribution in [2.75, 3.05) is 70.0 Å². The van der Waals surface area contributed by atoms with Crippen LogP contribution in [-0.4, -0.2) is 96.1 Å². The molecule has 0 atom stereocenters. The van der Waals surface area contributed by atoms with E-state index in [2.05, 4.69) is 33.2 Å². The first-order chi connectivity index (χ1) is 15.4. The number of hydrogen-bond acceptors (Lipinski definition) is 5. The number of nitrogens with one attached hydrogen (secondary N) is 4. The molecule has 11 heteroatoms. The van der Waals surface area contributed by atoms with Crippen molar-refractivity contribution < 1.29 is 9.59 Å². The molecule has 174 valence electrons. The monoisotopic (exact) mass is 477 g/mol. The van der Waals surface area contributed by atoms with Gasteiger partial charge in [-0.2, -0.15) is 0 Å². The molecule has 2 aliphatic rings. The number of likely N-dealkylation sites (tertiary alicyclic amines) is 1. The molecule has 0 aromatic heterocycles. The third-order valence-corrected chi connectivity index (χ3v) is 5.97. The van der Waals surface area contributed by atoms with Gasteiger partial charge in [0.2, 0.25) is 11.8 Å². The maximum absolute atomic E-state index is 12.3. The third-order valence-electron chi connectivity index (χ3n) is 5.47. The fraction of sp³-hybridized carbons (Fsp3) is 0.524. The fourth-order valence-electron chi connectivity index (χ4n) is 3.59. The number of carbonyl (C=O) groups is 2. The second-order valence-electron chi connectivity index (χ2n) is 7.94. The number of piperazine rings is 1. The quantitative estimate of drug-likeness (QED) is 0.423. The van der Waals surface area contributed by atoms with Gasteiger partial charge in [0.25, 0.3) is 0 Å². The first kappa shape index (κ1) is 24.1. The van der Waals surface area contributed by atoms with Gasteiger partial charge in [0.15, 0.2) is 10.2 Å². The van der Waals surface area contributed by atoms with Gasteiger partial charge < -0.3 is 36.0 Å². The second kappa shape index (κ2) is 11.9. The Morgan fingerprint density at radius 2 is 1.66 bits per heavy atom. The van der Waals surface area contributed by atoms with Crippen LogP contribution in [-0.2, 0) is 9.59 Å². The van der Waals surface area contributed by atoms with Crippen LogP contribution in [0.1, 0.15) is 12.8 Å². The summed E-state index contributed by atoms with van der Waals surface area (Å²) in [6.45, 7) is 5.51. The molecule has 4 N–H and O–H groups in total. The molecule has 9 nitrogen and oxygen atoms in total. The normalized spacial score (nSPS) is 16.6. The van der Waals surface area contributed by atoms with Crippen molar-refractivity contribution in [2.24, 2.45) is 0 Å². The maximum atomic E-state index is 12.3. The SMILES string of the molecule is CN1CCN(C(=O)CNC(=S)Nc2cccc(NC(=S)NCCN3CCCC3=O)c2)CC1. The fourth-order valence-corrected chi connectivity index (χ4v) is 4.00. The van der Waals surface area contributed by atoms with Crippen LogP contribution in [0.5, 0.6) is 0 Å². The number of carbonyl (C=O) groups excluding carboxylic acids is 2. The number of thiocarbonyl (C=S) groups is 2. The van der Waals surface area contributed by atoms with E-state index in [1.807, 2.05) is 34.1 Å². The summed E-state index contributed by atoms with van der Waals surface area (Å²) in [6, 6.07) is 7.55. The Bertz CT molecular complexity index is 843. The molecule has 1 aromatic carbocycles. The van der Waals surface area contributed by atoms with E-state index in [1.165, 1.54) is 0 Å². The van der Waals surface area contributed by atoms with Crippen molar-refractivity contribution in [1.29, 1.82) is 0 Å². The van der Waals surface area contributed by atoms with Crippen LogP contribution in [0.15, 0.2) is 24.3 Å². The summed E-state index contributed by atoms with van der Waals surface area (Å²) in [5.74, 6) is 0.254. The minimum absolute atomic E-state index is 0.0460. The minimum atomic E-state index is 0.0460. The first-order valence-electron chi connectivity index (χ1n) is 10.8. The van der Waals surface area contributed by atoms with Crippen LogP contribution in [0, 0.1) is 0 Å². The summed E-state index contributed by atoms with van der Waals surface area (Å²) >= 11 is 10.7. The van der Waals surface area contributed by atoms with Crippen molar-refractivity contribution in [3.63, 3.8) is 0 Å². The summed E-state index contributed by atoms with van der Waals surface area (Å²) in [7, 11) is 2.06. The Hall–Kier alpha value is -2.50. The van der Waals surface area contributed by atoms with Gasteiger partial charge in [0, 0.05) is 63.6 Å². The van der Waals surface area contributed by atoms with E-state index < -0.39 is 0 Å². The second-order valence-corrected chi connectivity index (χ2v) is 8.75. The lowest BCUT2D eigenvalue weighted by Crippen LogP contribution is -2.50. The Morgan fingerprint density at radius 1 is 1.00 bits per heavy atom. The van der Waals surface area contributed by atoms with Gasteiger partial charge in [0.1, 0.15) is 0 Å². The molecule has 0 radical (unpaired) electrons. The standard InChI is InChI=1S/C21H31N7O2S2/c1-26-10-12-28(13-11-26)19(30)15-23-21(32)25-17-5-2-4-16(14-17)24-20(31)22-7-9-27-8-3-6-18(27)29/h2,4-5,14H,3,6-13,15H2,1H3,(H2,22,24,31)(H2,23,25,32). The Morgan fingerprint density at radius 3 is 2.28 bits per heavy atom. The first-order valence-corrected chi connectivity index (χ1v) is 11.7. The van der Waals surface area contributed by atoms with Crippen LogP contribution in [0.25, 0.3) is 0 Å². The zero-order valence-electron chi connectivity index (χ0n) is 18.4. The molecular formula is C21H31N7O2S2. The van der Waals surface area contributed by atoms with Gasteiger partial charge in [-0.1, -0.05) is 6.07 Å². The van der Waals surface area contributed by atoms with E-state index in [0.717, 1.165) is 50.5 Å². The van der Waals surface area contributed by atoms with Gasteiger partial charge in [-0.05, 0) is 56.1 Å². The molecule has 0 bridgehead atoms. The summed E-state index contributed by atoms with van der Waals surface area (Å²) in [5, 5.41) is 13.2. The predicted molar refractivity (Wildman–Crippen MR) is 135 cm³/mol. The number of rotatable bonds is 7. The molecule has 0 aliphatic carbocycles. The highest BCUT2D eigenvalue weighted by molar-refractivity contribution is 7.80. The summed E-state index contributed by atoms with van der Waals surface area (Å²) in [4.78, 5) is 29.9. The van der Waals surface area contributed by atoms with E-state index >= 15 is 0 Å². The smallest absolute Gasteiger partial charge is 0.242 e. The molecule has 2 amide bonds. The van der Waals surface area contributed by atoms with Crippen LogP contribution in [0.3, 0.4) is 0 Å². The molecule has 3 rings (SSSR count). The van der Waals surface area contributed by atoms with Gasteiger partial charge in [-0.3, -0.25) is 9.59 Å². The highest BCUT2D eigenvalue weighted by Crippen LogP contribution is 2.15. The lowest BCUT2D eigenvalue weighted by atomic mass is 10.3. The average molecular weight is 478 g/mol. The predicted octanol–water partition coefficient (Wildman–Crippen LogP) is 0.656. The van der Waals surface area contributed by atoms with E-state index in [4.69, 9.17) is 24.4 Å². The topological polar surface area (TPSA) is 92.0 Å². The van der Waals surface area contributed by atoms with Crippen LogP contribution >= 0.6 is 24.4 Å². The Balaban J connectivity index is 1.38. The number of likely N-dealkylation sites (N-methyl/N-ethyl adjacent to an activating group) is 1. The Labute approximate surface area is 199 Å². The number of hydrogen-bond donors (Lipinski definition) is 4. The molecule has 1 aromatic rings. The molecule has 0 saturated carbocycles. The van der Waals surface area contributed by atoms with E-state index in [-0.39, 0.29) is 18.4 Å². The molecule has 2 heterocycles. The highest BCUT2D eigenvalue weighted by Gasteiger charge is 2.20. The van der Waals surface area contributed by atoms with E-state index in [0.29, 0.717) is 29.7 Å². The van der Waals surface area contributed by atoms with Gasteiger partial charge in [-0.25, -0.2) is 0 Å². The lowest BCUT2D eigenvalue weighted by Gasteiger charge is -2.32. The van der Waals surface area contributed by atoms with Crippen molar-refractivity contribution in [3.05, 3.63) is 24.3 Å². The number of benzene rings is 1. The lowest BCUT2D eigenvalue weighted by molar-refractivity contribution is -0.131. The van der Waals surface area contributed by atoms with Crippen molar-refractivity contribution in [2.45, 2.75) is 12.8 Å². The van der Waals surface area contributed by atoms with Crippen LogP contribution in [0.2, 0.25) is 0 Å². The minimum Gasteiger partial charge on any atom is -0.361 e. The molecule has 32 heavy (non-hydrogen) atoms.